The van der Waals surface area contributed by atoms with Crippen molar-refractivity contribution in [1.82, 2.24) is 15.2 Å². The minimum absolute atomic E-state index is 0.0719. The Morgan fingerprint density at radius 2 is 2.44 bits per heavy atom. The highest BCUT2D eigenvalue weighted by atomic mass is 35.5. The van der Waals surface area contributed by atoms with Crippen LogP contribution in [-0.2, 0) is 0 Å². The molecule has 1 unspecified atom stereocenters. The Bertz CT molecular complexity index is 405. The number of amides is 1. The predicted octanol–water partition coefficient (Wildman–Crippen LogP) is 2.27. The summed E-state index contributed by atoms with van der Waals surface area (Å²) in [6, 6.07) is 2.05. The number of rotatable bonds is 4. The van der Waals surface area contributed by atoms with E-state index in [-0.39, 0.29) is 5.91 Å². The van der Waals surface area contributed by atoms with Gasteiger partial charge in [-0.25, -0.2) is 0 Å². The van der Waals surface area contributed by atoms with Crippen molar-refractivity contribution in [3.05, 3.63) is 23.0 Å². The topological polar surface area (TPSA) is 48.1 Å². The van der Waals surface area contributed by atoms with Gasteiger partial charge in [-0.05, 0) is 45.3 Å². The largest absolute Gasteiger partial charge is 0.356 e. The summed E-state index contributed by atoms with van der Waals surface area (Å²) in [6.07, 6.45) is 6.07. The summed E-state index contributed by atoms with van der Waals surface area (Å²) in [5.41, 5.74) is 0.594. The van der Waals surface area contributed by atoms with E-state index in [1.807, 2.05) is 11.9 Å². The van der Waals surface area contributed by atoms with Crippen molar-refractivity contribution in [2.24, 2.45) is 0 Å². The van der Waals surface area contributed by atoms with Crippen LogP contribution in [0.4, 0.5) is 0 Å². The average molecular weight is 270 g/mol. The number of carbonyl (C=O) groups is 1. The van der Waals surface area contributed by atoms with Gasteiger partial charge in [-0.1, -0.05) is 11.6 Å². The maximum atomic E-state index is 12.4. The van der Waals surface area contributed by atoms with Gasteiger partial charge in [0.2, 0.25) is 0 Å². The number of nitrogens with one attached hydrogen (secondary N) is 2. The van der Waals surface area contributed by atoms with E-state index in [2.05, 4.69) is 10.3 Å². The Labute approximate surface area is 113 Å². The van der Waals surface area contributed by atoms with Crippen molar-refractivity contribution >= 4 is 17.5 Å². The Morgan fingerprint density at radius 3 is 3.11 bits per heavy atom. The van der Waals surface area contributed by atoms with Crippen LogP contribution in [0.15, 0.2) is 12.3 Å². The number of H-pyrrole nitrogens is 1. The van der Waals surface area contributed by atoms with E-state index in [9.17, 15) is 4.79 Å². The molecule has 1 aliphatic heterocycles. The quantitative estimate of drug-likeness (QED) is 0.881. The van der Waals surface area contributed by atoms with Gasteiger partial charge in [0.1, 0.15) is 5.69 Å². The van der Waals surface area contributed by atoms with Gasteiger partial charge in [-0.3, -0.25) is 4.79 Å². The van der Waals surface area contributed by atoms with E-state index in [1.54, 1.807) is 12.3 Å². The molecule has 1 saturated heterocycles. The third kappa shape index (κ3) is 3.06. The molecule has 1 fully saturated rings. The maximum Gasteiger partial charge on any atom is 0.270 e. The Balaban J connectivity index is 2.06. The zero-order valence-corrected chi connectivity index (χ0v) is 11.5. The fourth-order valence-electron chi connectivity index (χ4n) is 2.53. The molecule has 100 valence electrons. The number of halogens is 1. The Morgan fingerprint density at radius 1 is 1.61 bits per heavy atom. The van der Waals surface area contributed by atoms with Crippen molar-refractivity contribution in [1.29, 1.82) is 0 Å². The van der Waals surface area contributed by atoms with Crippen molar-refractivity contribution in [3.63, 3.8) is 0 Å². The smallest absolute Gasteiger partial charge is 0.270 e. The zero-order valence-electron chi connectivity index (χ0n) is 10.7. The molecule has 2 rings (SSSR count). The summed E-state index contributed by atoms with van der Waals surface area (Å²) >= 11 is 5.85. The van der Waals surface area contributed by atoms with E-state index in [1.165, 1.54) is 6.42 Å². The number of likely N-dealkylation sites (tertiary alicyclic amines) is 1. The second-order valence-corrected chi connectivity index (χ2v) is 5.21. The lowest BCUT2D eigenvalue weighted by atomic mass is 9.99. The molecular formula is C13H20ClN3O. The number of piperidine rings is 1. The van der Waals surface area contributed by atoms with E-state index >= 15 is 0 Å². The summed E-state index contributed by atoms with van der Waals surface area (Å²) in [5.74, 6) is 0.0719. The van der Waals surface area contributed by atoms with Gasteiger partial charge in [0, 0.05) is 18.8 Å². The van der Waals surface area contributed by atoms with Gasteiger partial charge in [0.05, 0.1) is 5.02 Å². The second kappa shape index (κ2) is 6.25. The highest BCUT2D eigenvalue weighted by Crippen LogP contribution is 2.22. The lowest BCUT2D eigenvalue weighted by Gasteiger charge is -2.35. The molecule has 2 heterocycles. The molecule has 2 N–H and O–H groups in total. The van der Waals surface area contributed by atoms with Crippen molar-refractivity contribution in [2.75, 3.05) is 20.1 Å². The summed E-state index contributed by atoms with van der Waals surface area (Å²) < 4.78 is 0. The summed E-state index contributed by atoms with van der Waals surface area (Å²) in [5, 5.41) is 3.74. The molecule has 18 heavy (non-hydrogen) atoms. The van der Waals surface area contributed by atoms with Crippen LogP contribution in [0.3, 0.4) is 0 Å². The Hall–Kier alpha value is -1.00. The fourth-order valence-corrected chi connectivity index (χ4v) is 2.69. The van der Waals surface area contributed by atoms with Crippen LogP contribution in [-0.4, -0.2) is 42.0 Å². The van der Waals surface area contributed by atoms with Crippen LogP contribution in [0.25, 0.3) is 0 Å². The van der Waals surface area contributed by atoms with Gasteiger partial charge in [-0.15, -0.1) is 0 Å². The number of carbonyl (C=O) groups excluding carboxylic acids is 1. The van der Waals surface area contributed by atoms with Crippen LogP contribution in [0.1, 0.15) is 36.2 Å². The first kappa shape index (κ1) is 13.4. The standard InChI is InChI=1S/C13H20ClN3O/c1-15-6-5-11-4-2-3-7-17(11)13(18)12-8-10(14)9-16-12/h8-9,11,15-16H,2-7H2,1H3. The summed E-state index contributed by atoms with van der Waals surface area (Å²) in [6.45, 7) is 1.80. The minimum atomic E-state index is 0.0719. The molecule has 5 heteroatoms. The molecule has 0 spiro atoms. The number of nitrogens with zero attached hydrogens (tertiary/aromatic N) is 1. The molecule has 1 atom stereocenters. The first-order valence-corrected chi connectivity index (χ1v) is 6.89. The van der Waals surface area contributed by atoms with Crippen LogP contribution in [0.5, 0.6) is 0 Å². The van der Waals surface area contributed by atoms with Gasteiger partial charge >= 0.3 is 0 Å². The van der Waals surface area contributed by atoms with Gasteiger partial charge < -0.3 is 15.2 Å². The summed E-state index contributed by atoms with van der Waals surface area (Å²) in [7, 11) is 1.94. The van der Waals surface area contributed by atoms with Crippen molar-refractivity contribution in [3.8, 4) is 0 Å². The van der Waals surface area contributed by atoms with E-state index in [0.29, 0.717) is 16.8 Å². The van der Waals surface area contributed by atoms with Crippen LogP contribution in [0.2, 0.25) is 5.02 Å². The van der Waals surface area contributed by atoms with Gasteiger partial charge in [0.25, 0.3) is 5.91 Å². The lowest BCUT2D eigenvalue weighted by Crippen LogP contribution is -2.44. The molecule has 0 aromatic carbocycles. The molecule has 1 aromatic rings. The minimum Gasteiger partial charge on any atom is -0.356 e. The molecule has 0 aliphatic carbocycles. The van der Waals surface area contributed by atoms with E-state index < -0.39 is 0 Å². The Kier molecular flexibility index (Phi) is 4.66. The molecular weight excluding hydrogens is 250 g/mol. The third-order valence-electron chi connectivity index (χ3n) is 3.49. The van der Waals surface area contributed by atoms with Crippen molar-refractivity contribution < 1.29 is 4.79 Å². The molecule has 1 aromatic heterocycles. The molecule has 0 bridgehead atoms. The average Bonchev–Trinajstić information content (AvgIpc) is 2.82. The van der Waals surface area contributed by atoms with Gasteiger partial charge in [0.15, 0.2) is 0 Å². The molecule has 4 nitrogen and oxygen atoms in total. The number of aromatic amines is 1. The predicted molar refractivity (Wildman–Crippen MR) is 73.0 cm³/mol. The number of hydrogen-bond donors (Lipinski definition) is 2. The number of hydrogen-bond acceptors (Lipinski definition) is 2. The van der Waals surface area contributed by atoms with E-state index in [4.69, 9.17) is 11.6 Å². The van der Waals surface area contributed by atoms with Crippen LogP contribution < -0.4 is 5.32 Å². The lowest BCUT2D eigenvalue weighted by molar-refractivity contribution is 0.0597. The van der Waals surface area contributed by atoms with E-state index in [0.717, 1.165) is 32.4 Å². The zero-order chi connectivity index (χ0) is 13.0. The fraction of sp³-hybridized carbons (Fsp3) is 0.615. The SMILES string of the molecule is CNCCC1CCCCN1C(=O)c1cc(Cl)c[nH]1. The first-order valence-electron chi connectivity index (χ1n) is 6.52. The van der Waals surface area contributed by atoms with Crippen molar-refractivity contribution in [2.45, 2.75) is 31.7 Å². The first-order chi connectivity index (χ1) is 8.72. The maximum absolute atomic E-state index is 12.4. The van der Waals surface area contributed by atoms with Crippen LogP contribution >= 0.6 is 11.6 Å². The normalized spacial score (nSPS) is 20.1. The van der Waals surface area contributed by atoms with Crippen LogP contribution in [0, 0.1) is 0 Å². The number of aromatic nitrogens is 1. The monoisotopic (exact) mass is 269 g/mol. The molecule has 1 amide bonds. The third-order valence-corrected chi connectivity index (χ3v) is 3.71. The molecule has 0 saturated carbocycles. The molecule has 1 aliphatic rings. The second-order valence-electron chi connectivity index (χ2n) is 4.77. The highest BCUT2D eigenvalue weighted by Gasteiger charge is 2.27. The van der Waals surface area contributed by atoms with Gasteiger partial charge in [-0.2, -0.15) is 0 Å². The summed E-state index contributed by atoms with van der Waals surface area (Å²) in [4.78, 5) is 17.3. The highest BCUT2D eigenvalue weighted by molar-refractivity contribution is 6.30. The molecule has 0 radical (unpaired) electrons.